The highest BCUT2D eigenvalue weighted by atomic mass is 35.5. The van der Waals surface area contributed by atoms with E-state index in [1.807, 2.05) is 6.92 Å². The molecule has 0 aliphatic carbocycles. The number of aromatic amines is 1. The van der Waals surface area contributed by atoms with Crippen LogP contribution in [0.2, 0.25) is 5.15 Å². The first-order chi connectivity index (χ1) is 9.61. The summed E-state index contributed by atoms with van der Waals surface area (Å²) in [6.45, 7) is 3.77. The highest BCUT2D eigenvalue weighted by Crippen LogP contribution is 2.07. The molecule has 0 spiro atoms. The van der Waals surface area contributed by atoms with Crippen LogP contribution in [0.25, 0.3) is 0 Å². The van der Waals surface area contributed by atoms with Gasteiger partial charge in [-0.15, -0.1) is 0 Å². The number of rotatable bonds is 9. The molecule has 0 atom stereocenters. The molecule has 0 aliphatic rings. The number of halogens is 1. The van der Waals surface area contributed by atoms with Gasteiger partial charge in [0.05, 0.1) is 18.8 Å². The fourth-order valence-corrected chi connectivity index (χ4v) is 2.08. The van der Waals surface area contributed by atoms with Crippen LogP contribution in [0.5, 0.6) is 0 Å². The first kappa shape index (κ1) is 16.9. The minimum absolute atomic E-state index is 0.148. The fourth-order valence-electron chi connectivity index (χ4n) is 1.82. The van der Waals surface area contributed by atoms with Crippen molar-refractivity contribution in [2.24, 2.45) is 0 Å². The summed E-state index contributed by atoms with van der Waals surface area (Å²) in [5.41, 5.74) is -0.316. The van der Waals surface area contributed by atoms with Crippen molar-refractivity contribution in [2.45, 2.75) is 32.7 Å². The van der Waals surface area contributed by atoms with Gasteiger partial charge in [0.1, 0.15) is 5.15 Å². The SMILES string of the molecule is CCCc1c(Cl)[nH]c(=O)n(CCCOCCOC)c1=O. The molecule has 6 nitrogen and oxygen atoms in total. The summed E-state index contributed by atoms with van der Waals surface area (Å²) < 4.78 is 11.3. The second-order valence-corrected chi connectivity index (χ2v) is 4.77. The average Bonchev–Trinajstić information content (AvgIpc) is 2.41. The van der Waals surface area contributed by atoms with Crippen molar-refractivity contribution in [2.75, 3.05) is 26.9 Å². The molecule has 1 N–H and O–H groups in total. The molecule has 1 aromatic heterocycles. The molecule has 0 aromatic carbocycles. The Labute approximate surface area is 122 Å². The lowest BCUT2D eigenvalue weighted by atomic mass is 10.2. The van der Waals surface area contributed by atoms with E-state index in [1.165, 1.54) is 4.57 Å². The molecule has 0 saturated carbocycles. The fraction of sp³-hybridized carbons (Fsp3) is 0.692. The van der Waals surface area contributed by atoms with Gasteiger partial charge in [0.15, 0.2) is 0 Å². The Morgan fingerprint density at radius 2 is 2.00 bits per heavy atom. The number of hydrogen-bond donors (Lipinski definition) is 1. The Morgan fingerprint density at radius 1 is 1.25 bits per heavy atom. The van der Waals surface area contributed by atoms with Gasteiger partial charge in [-0.2, -0.15) is 0 Å². The minimum Gasteiger partial charge on any atom is -0.382 e. The van der Waals surface area contributed by atoms with E-state index in [0.29, 0.717) is 44.8 Å². The third-order valence-electron chi connectivity index (χ3n) is 2.83. The lowest BCUT2D eigenvalue weighted by Gasteiger charge is -2.08. The van der Waals surface area contributed by atoms with Crippen LogP contribution in [-0.4, -0.2) is 36.5 Å². The smallest absolute Gasteiger partial charge is 0.329 e. The van der Waals surface area contributed by atoms with Crippen molar-refractivity contribution < 1.29 is 9.47 Å². The van der Waals surface area contributed by atoms with E-state index in [2.05, 4.69) is 4.98 Å². The normalized spacial score (nSPS) is 10.9. The second-order valence-electron chi connectivity index (χ2n) is 4.39. The molecule has 7 heteroatoms. The largest absolute Gasteiger partial charge is 0.382 e. The van der Waals surface area contributed by atoms with Crippen molar-refractivity contribution in [3.63, 3.8) is 0 Å². The summed E-state index contributed by atoms with van der Waals surface area (Å²) in [6.07, 6.45) is 1.93. The number of nitrogens with one attached hydrogen (secondary N) is 1. The highest BCUT2D eigenvalue weighted by molar-refractivity contribution is 6.30. The van der Waals surface area contributed by atoms with Gasteiger partial charge in [0.25, 0.3) is 5.56 Å². The Morgan fingerprint density at radius 3 is 2.65 bits per heavy atom. The predicted octanol–water partition coefficient (Wildman–Crippen LogP) is 1.20. The van der Waals surface area contributed by atoms with Crippen molar-refractivity contribution in [1.82, 2.24) is 9.55 Å². The van der Waals surface area contributed by atoms with Crippen LogP contribution in [-0.2, 0) is 22.4 Å². The van der Waals surface area contributed by atoms with Gasteiger partial charge in [-0.3, -0.25) is 14.3 Å². The summed E-state index contributed by atoms with van der Waals surface area (Å²) in [5, 5.41) is 0.148. The maximum absolute atomic E-state index is 12.2. The van der Waals surface area contributed by atoms with E-state index in [1.54, 1.807) is 7.11 Å². The first-order valence-corrected chi connectivity index (χ1v) is 7.07. The Kier molecular flexibility index (Phi) is 7.58. The van der Waals surface area contributed by atoms with Crippen molar-refractivity contribution in [3.05, 3.63) is 31.6 Å². The summed E-state index contributed by atoms with van der Waals surface area (Å²) in [5.74, 6) is 0. The number of hydrogen-bond acceptors (Lipinski definition) is 4. The molecule has 20 heavy (non-hydrogen) atoms. The number of methoxy groups -OCH3 is 1. The molecule has 0 bridgehead atoms. The van der Waals surface area contributed by atoms with E-state index >= 15 is 0 Å². The highest BCUT2D eigenvalue weighted by Gasteiger charge is 2.11. The van der Waals surface area contributed by atoms with Crippen LogP contribution < -0.4 is 11.2 Å². The van der Waals surface area contributed by atoms with Crippen LogP contribution in [0.4, 0.5) is 0 Å². The van der Waals surface area contributed by atoms with E-state index in [9.17, 15) is 9.59 Å². The number of aromatic nitrogens is 2. The monoisotopic (exact) mass is 304 g/mol. The van der Waals surface area contributed by atoms with E-state index in [0.717, 1.165) is 6.42 Å². The van der Waals surface area contributed by atoms with Crippen LogP contribution in [0, 0.1) is 0 Å². The molecule has 0 fully saturated rings. The zero-order valence-electron chi connectivity index (χ0n) is 11.9. The molecule has 1 heterocycles. The topological polar surface area (TPSA) is 73.3 Å². The van der Waals surface area contributed by atoms with E-state index in [4.69, 9.17) is 21.1 Å². The Bertz CT molecular complexity index is 524. The molecule has 1 aromatic rings. The average molecular weight is 305 g/mol. The van der Waals surface area contributed by atoms with Gasteiger partial charge in [-0.25, -0.2) is 4.79 Å². The zero-order valence-corrected chi connectivity index (χ0v) is 12.7. The lowest BCUT2D eigenvalue weighted by molar-refractivity contribution is 0.0678. The molecular formula is C13H21ClN2O4. The third kappa shape index (κ3) is 4.77. The number of ether oxygens (including phenoxy) is 2. The number of H-pyrrole nitrogens is 1. The standard InChI is InChI=1S/C13H21ClN2O4/c1-3-5-10-11(14)15-13(18)16(12(10)17)6-4-7-20-9-8-19-2/h3-9H2,1-2H3,(H,15,18). The Hall–Kier alpha value is -1.11. The summed E-state index contributed by atoms with van der Waals surface area (Å²) in [4.78, 5) is 26.4. The zero-order chi connectivity index (χ0) is 15.0. The van der Waals surface area contributed by atoms with E-state index < -0.39 is 5.69 Å². The molecule has 0 unspecified atom stereocenters. The van der Waals surface area contributed by atoms with Crippen LogP contribution >= 0.6 is 11.6 Å². The van der Waals surface area contributed by atoms with Gasteiger partial charge in [-0.1, -0.05) is 24.9 Å². The van der Waals surface area contributed by atoms with Crippen LogP contribution in [0.3, 0.4) is 0 Å². The Balaban J connectivity index is 2.68. The quantitative estimate of drug-likeness (QED) is 0.549. The van der Waals surface area contributed by atoms with Crippen molar-refractivity contribution in [3.8, 4) is 0 Å². The molecule has 0 aliphatic heterocycles. The first-order valence-electron chi connectivity index (χ1n) is 6.70. The molecule has 0 amide bonds. The lowest BCUT2D eigenvalue weighted by Crippen LogP contribution is -2.37. The number of nitrogens with zero attached hydrogens (tertiary/aromatic N) is 1. The predicted molar refractivity (Wildman–Crippen MR) is 77.6 cm³/mol. The third-order valence-corrected chi connectivity index (χ3v) is 3.15. The van der Waals surface area contributed by atoms with Gasteiger partial charge < -0.3 is 9.47 Å². The van der Waals surface area contributed by atoms with Gasteiger partial charge in [0, 0.05) is 20.3 Å². The summed E-state index contributed by atoms with van der Waals surface area (Å²) in [6, 6.07) is 0. The van der Waals surface area contributed by atoms with Crippen molar-refractivity contribution in [1.29, 1.82) is 0 Å². The van der Waals surface area contributed by atoms with Crippen LogP contribution in [0.15, 0.2) is 9.59 Å². The molecule has 114 valence electrons. The molecule has 1 rings (SSSR count). The van der Waals surface area contributed by atoms with Gasteiger partial charge in [0.2, 0.25) is 0 Å². The van der Waals surface area contributed by atoms with E-state index in [-0.39, 0.29) is 10.7 Å². The summed E-state index contributed by atoms with van der Waals surface area (Å²) in [7, 11) is 1.60. The van der Waals surface area contributed by atoms with Crippen molar-refractivity contribution >= 4 is 11.6 Å². The molecule has 0 saturated heterocycles. The summed E-state index contributed by atoms with van der Waals surface area (Å²) >= 11 is 5.90. The maximum atomic E-state index is 12.2. The van der Waals surface area contributed by atoms with Gasteiger partial charge in [-0.05, 0) is 12.8 Å². The van der Waals surface area contributed by atoms with Crippen LogP contribution in [0.1, 0.15) is 25.3 Å². The second kappa shape index (κ2) is 8.94. The molecular weight excluding hydrogens is 284 g/mol. The minimum atomic E-state index is -0.475. The maximum Gasteiger partial charge on any atom is 0.329 e. The van der Waals surface area contributed by atoms with Gasteiger partial charge >= 0.3 is 5.69 Å². The molecule has 0 radical (unpaired) electrons.